The molecule has 1 aromatic carbocycles. The molecule has 2 fully saturated rings. The molecule has 0 N–H and O–H groups in total. The number of likely N-dealkylation sites (tertiary alicyclic amines) is 1. The summed E-state index contributed by atoms with van der Waals surface area (Å²) in [5.41, 5.74) is 2.94. The lowest BCUT2D eigenvalue weighted by molar-refractivity contribution is 0.182. The molecule has 0 radical (unpaired) electrons. The maximum atomic E-state index is 4.75. The summed E-state index contributed by atoms with van der Waals surface area (Å²) in [6.07, 6.45) is 4.33. The molecule has 1 saturated carbocycles. The molecule has 112 valence electrons. The maximum absolute atomic E-state index is 4.75. The van der Waals surface area contributed by atoms with E-state index in [0.29, 0.717) is 0 Å². The molecule has 2 heterocycles. The minimum absolute atomic E-state index is 0.828. The Morgan fingerprint density at radius 3 is 3.00 bits per heavy atom. The van der Waals surface area contributed by atoms with Crippen molar-refractivity contribution in [2.75, 3.05) is 26.7 Å². The van der Waals surface area contributed by atoms with E-state index in [-0.39, 0.29) is 0 Å². The summed E-state index contributed by atoms with van der Waals surface area (Å²) in [5, 5.41) is 7.75. The monoisotopic (exact) mass is 286 g/mol. The largest absolute Gasteiger partial charge is 0.301 e. The molecule has 2 aromatic rings. The van der Waals surface area contributed by atoms with Gasteiger partial charge in [-0.3, -0.25) is 4.90 Å². The minimum atomic E-state index is 0.828. The minimum Gasteiger partial charge on any atom is -0.301 e. The molecule has 1 aromatic heterocycles. The molecular weight excluding hydrogens is 264 g/mol. The van der Waals surface area contributed by atoms with Crippen molar-refractivity contribution in [2.24, 2.45) is 5.92 Å². The van der Waals surface area contributed by atoms with Crippen LogP contribution in [0, 0.1) is 5.92 Å². The zero-order valence-electron chi connectivity index (χ0n) is 12.5. The smallest absolute Gasteiger partial charge is 0.135 e. The summed E-state index contributed by atoms with van der Waals surface area (Å²) in [4.78, 5) is 5.08. The van der Waals surface area contributed by atoms with Gasteiger partial charge < -0.3 is 4.90 Å². The molecule has 21 heavy (non-hydrogen) atoms. The fourth-order valence-electron chi connectivity index (χ4n) is 3.92. The molecule has 2 atom stereocenters. The van der Waals surface area contributed by atoms with Crippen molar-refractivity contribution in [1.29, 1.82) is 0 Å². The summed E-state index contributed by atoms with van der Waals surface area (Å²) in [6, 6.07) is 7.04. The Morgan fingerprint density at radius 2 is 2.19 bits per heavy atom. The number of hydrogen-bond acceptors (Lipinski definition) is 5. The van der Waals surface area contributed by atoms with Crippen LogP contribution in [-0.2, 0) is 6.54 Å². The lowest BCUT2D eigenvalue weighted by Gasteiger charge is -2.28. The van der Waals surface area contributed by atoms with Gasteiger partial charge in [-0.15, -0.1) is 0 Å². The summed E-state index contributed by atoms with van der Waals surface area (Å²) in [7, 11) is 2.19. The lowest BCUT2D eigenvalue weighted by atomic mass is 10.1. The van der Waals surface area contributed by atoms with Crippen molar-refractivity contribution in [3.05, 3.63) is 23.8 Å². The van der Waals surface area contributed by atoms with Crippen LogP contribution in [0.2, 0.25) is 0 Å². The van der Waals surface area contributed by atoms with Crippen LogP contribution in [0.25, 0.3) is 11.0 Å². The van der Waals surface area contributed by atoms with Crippen LogP contribution in [0.1, 0.15) is 24.8 Å². The Bertz CT molecular complexity index is 626. The van der Waals surface area contributed by atoms with Gasteiger partial charge in [0.05, 0.1) is 0 Å². The first-order valence-corrected chi connectivity index (χ1v) is 7.92. The van der Waals surface area contributed by atoms with Crippen molar-refractivity contribution in [3.63, 3.8) is 0 Å². The van der Waals surface area contributed by atoms with Crippen molar-refractivity contribution in [3.8, 4) is 0 Å². The van der Waals surface area contributed by atoms with Gasteiger partial charge in [-0.1, -0.05) is 6.07 Å². The van der Waals surface area contributed by atoms with Gasteiger partial charge in [-0.2, -0.15) is 0 Å². The average molecular weight is 286 g/mol. The predicted molar refractivity (Wildman–Crippen MR) is 80.8 cm³/mol. The molecule has 0 amide bonds. The molecule has 1 saturated heterocycles. The van der Waals surface area contributed by atoms with Crippen molar-refractivity contribution < 1.29 is 4.63 Å². The highest BCUT2D eigenvalue weighted by Gasteiger charge is 2.37. The number of hydrogen-bond donors (Lipinski definition) is 0. The molecule has 5 nitrogen and oxygen atoms in total. The van der Waals surface area contributed by atoms with Crippen molar-refractivity contribution in [1.82, 2.24) is 20.1 Å². The normalized spacial score (nSPS) is 25.4. The Balaban J connectivity index is 1.31. The third kappa shape index (κ3) is 2.68. The van der Waals surface area contributed by atoms with E-state index in [0.717, 1.165) is 36.1 Å². The number of fused-ring (bicyclic) bond motifs is 3. The first kappa shape index (κ1) is 13.2. The van der Waals surface area contributed by atoms with Crippen LogP contribution in [-0.4, -0.2) is 52.8 Å². The second-order valence-corrected chi connectivity index (χ2v) is 6.65. The quantitative estimate of drug-likeness (QED) is 0.842. The van der Waals surface area contributed by atoms with Gasteiger partial charge in [0.2, 0.25) is 0 Å². The van der Waals surface area contributed by atoms with Crippen LogP contribution < -0.4 is 0 Å². The topological polar surface area (TPSA) is 45.4 Å². The van der Waals surface area contributed by atoms with Crippen LogP contribution in [0.4, 0.5) is 0 Å². The maximum Gasteiger partial charge on any atom is 0.135 e. The first-order chi connectivity index (χ1) is 10.3. The number of aromatic nitrogens is 2. The second-order valence-electron chi connectivity index (χ2n) is 6.65. The fourth-order valence-corrected chi connectivity index (χ4v) is 3.92. The van der Waals surface area contributed by atoms with E-state index >= 15 is 0 Å². The van der Waals surface area contributed by atoms with Gasteiger partial charge in [0, 0.05) is 32.2 Å². The van der Waals surface area contributed by atoms with E-state index in [2.05, 4.69) is 39.3 Å². The molecule has 2 aliphatic rings. The zero-order valence-corrected chi connectivity index (χ0v) is 12.5. The molecule has 0 spiro atoms. The summed E-state index contributed by atoms with van der Waals surface area (Å²) in [6.45, 7) is 4.60. The van der Waals surface area contributed by atoms with Gasteiger partial charge in [-0.25, -0.2) is 4.63 Å². The molecule has 5 heteroatoms. The number of benzene rings is 1. The third-order valence-corrected chi connectivity index (χ3v) is 5.06. The third-order valence-electron chi connectivity index (χ3n) is 5.06. The highest BCUT2D eigenvalue weighted by Crippen LogP contribution is 2.36. The highest BCUT2D eigenvalue weighted by molar-refractivity contribution is 5.73. The van der Waals surface area contributed by atoms with Crippen molar-refractivity contribution in [2.45, 2.75) is 31.8 Å². The number of nitrogens with zero attached hydrogens (tertiary/aromatic N) is 4. The molecule has 0 unspecified atom stereocenters. The standard InChI is InChI=1S/C16H22N4O/c1-19(6-7-20-11-12-2-4-14(20)8-12)10-13-3-5-15-16(9-13)18-21-17-15/h3,5,9,12,14H,2,4,6-8,10-11H2,1H3/t12-,14+/m0/s1. The van der Waals surface area contributed by atoms with E-state index in [1.807, 2.05) is 6.07 Å². The number of rotatable bonds is 5. The van der Waals surface area contributed by atoms with E-state index in [1.54, 1.807) is 0 Å². The van der Waals surface area contributed by atoms with E-state index in [9.17, 15) is 0 Å². The van der Waals surface area contributed by atoms with E-state index < -0.39 is 0 Å². The summed E-state index contributed by atoms with van der Waals surface area (Å²) >= 11 is 0. The van der Waals surface area contributed by atoms with Crippen LogP contribution in [0.5, 0.6) is 0 Å². The summed E-state index contributed by atoms with van der Waals surface area (Å²) in [5.74, 6) is 0.988. The number of likely N-dealkylation sites (N-methyl/N-ethyl adjacent to an activating group) is 1. The predicted octanol–water partition coefficient (Wildman–Crippen LogP) is 2.14. The van der Waals surface area contributed by atoms with E-state index in [4.69, 9.17) is 4.63 Å². The molecule has 1 aliphatic carbocycles. The zero-order chi connectivity index (χ0) is 14.2. The van der Waals surface area contributed by atoms with Gasteiger partial charge >= 0.3 is 0 Å². The van der Waals surface area contributed by atoms with Crippen molar-refractivity contribution >= 4 is 11.0 Å². The fraction of sp³-hybridized carbons (Fsp3) is 0.625. The molecule has 2 bridgehead atoms. The van der Waals surface area contributed by atoms with E-state index in [1.165, 1.54) is 37.9 Å². The Hall–Kier alpha value is -1.46. The first-order valence-electron chi connectivity index (χ1n) is 7.92. The Labute approximate surface area is 124 Å². The van der Waals surface area contributed by atoms with Crippen LogP contribution in [0.15, 0.2) is 22.8 Å². The molecular formula is C16H22N4O. The van der Waals surface area contributed by atoms with Gasteiger partial charge in [0.1, 0.15) is 11.0 Å². The lowest BCUT2D eigenvalue weighted by Crippen LogP contribution is -2.38. The average Bonchev–Trinajstić information content (AvgIpc) is 3.20. The highest BCUT2D eigenvalue weighted by atomic mass is 16.6. The van der Waals surface area contributed by atoms with Gasteiger partial charge in [0.25, 0.3) is 0 Å². The van der Waals surface area contributed by atoms with Gasteiger partial charge in [-0.05, 0) is 60.2 Å². The van der Waals surface area contributed by atoms with Gasteiger partial charge in [0.15, 0.2) is 0 Å². The molecule has 4 rings (SSSR count). The van der Waals surface area contributed by atoms with Crippen LogP contribution in [0.3, 0.4) is 0 Å². The number of piperidine rings is 1. The Morgan fingerprint density at radius 1 is 1.29 bits per heavy atom. The SMILES string of the molecule is CN(CCN1C[C@H]2CC[C@@H]1C2)Cc1ccc2nonc2c1. The second kappa shape index (κ2) is 5.39. The van der Waals surface area contributed by atoms with Crippen LogP contribution >= 0.6 is 0 Å². The molecule has 1 aliphatic heterocycles. The Kier molecular flexibility index (Phi) is 3.39. The summed E-state index contributed by atoms with van der Waals surface area (Å²) < 4.78 is 4.75.